The van der Waals surface area contributed by atoms with Crippen molar-refractivity contribution in [3.05, 3.63) is 63.9 Å². The van der Waals surface area contributed by atoms with Gasteiger partial charge in [0.1, 0.15) is 5.82 Å². The molecular weight excluding hydrogens is 305 g/mol. The van der Waals surface area contributed by atoms with E-state index in [0.29, 0.717) is 11.6 Å². The zero-order chi connectivity index (χ0) is 14.7. The van der Waals surface area contributed by atoms with E-state index in [-0.39, 0.29) is 0 Å². The van der Waals surface area contributed by atoms with Crippen LogP contribution in [-0.4, -0.2) is 16.5 Å². The molecule has 0 radical (unpaired) electrons. The number of nitrogens with zero attached hydrogens (tertiary/aromatic N) is 1. The maximum Gasteiger partial charge on any atom is 0.121 e. The summed E-state index contributed by atoms with van der Waals surface area (Å²) < 4.78 is 0. The second-order valence-electron chi connectivity index (χ2n) is 4.90. The Bertz CT molecular complexity index is 735. The molecular formula is C16H15Cl2N3. The lowest BCUT2D eigenvalue weighted by Gasteiger charge is -2.03. The maximum absolute atomic E-state index is 5.96. The number of aromatic nitrogens is 2. The van der Waals surface area contributed by atoms with Crippen molar-refractivity contribution in [2.75, 3.05) is 6.54 Å². The Morgan fingerprint density at radius 2 is 1.76 bits per heavy atom. The van der Waals surface area contributed by atoms with Gasteiger partial charge in [0, 0.05) is 10.0 Å². The van der Waals surface area contributed by atoms with E-state index in [2.05, 4.69) is 15.3 Å². The van der Waals surface area contributed by atoms with Crippen LogP contribution >= 0.6 is 23.2 Å². The Balaban J connectivity index is 1.53. The van der Waals surface area contributed by atoms with Gasteiger partial charge in [-0.2, -0.15) is 0 Å². The molecule has 0 unspecified atom stereocenters. The summed E-state index contributed by atoms with van der Waals surface area (Å²) in [5, 5.41) is 4.87. The molecule has 21 heavy (non-hydrogen) atoms. The predicted molar refractivity (Wildman–Crippen MR) is 88.0 cm³/mol. The molecule has 0 bridgehead atoms. The fourth-order valence-electron chi connectivity index (χ4n) is 2.21. The van der Waals surface area contributed by atoms with Gasteiger partial charge in [0.2, 0.25) is 0 Å². The van der Waals surface area contributed by atoms with Crippen LogP contribution in [0.2, 0.25) is 10.0 Å². The van der Waals surface area contributed by atoms with Gasteiger partial charge in [0.25, 0.3) is 0 Å². The molecule has 1 aromatic heterocycles. The summed E-state index contributed by atoms with van der Waals surface area (Å²) in [7, 11) is 0. The topological polar surface area (TPSA) is 40.7 Å². The smallest absolute Gasteiger partial charge is 0.121 e. The highest BCUT2D eigenvalue weighted by molar-refractivity contribution is 6.31. The molecule has 3 rings (SSSR count). The van der Waals surface area contributed by atoms with Crippen LogP contribution in [0.4, 0.5) is 0 Å². The standard InChI is InChI=1S/C16H15Cl2N3/c17-12-3-1-11(2-4-12)7-8-19-10-16-20-14-6-5-13(18)9-15(14)21-16/h1-6,9,19H,7-8,10H2,(H,20,21). The highest BCUT2D eigenvalue weighted by atomic mass is 35.5. The summed E-state index contributed by atoms with van der Waals surface area (Å²) in [6, 6.07) is 13.6. The van der Waals surface area contributed by atoms with Gasteiger partial charge in [-0.1, -0.05) is 35.3 Å². The van der Waals surface area contributed by atoms with Gasteiger partial charge in [0.15, 0.2) is 0 Å². The number of benzene rings is 2. The number of hydrogen-bond donors (Lipinski definition) is 2. The number of H-pyrrole nitrogens is 1. The summed E-state index contributed by atoms with van der Waals surface area (Å²) in [6.45, 7) is 1.60. The SMILES string of the molecule is Clc1ccc(CCNCc2nc3ccc(Cl)cc3[nH]2)cc1. The largest absolute Gasteiger partial charge is 0.341 e. The van der Waals surface area contributed by atoms with E-state index in [4.69, 9.17) is 23.2 Å². The Hall–Kier alpha value is -1.55. The molecule has 0 saturated carbocycles. The molecule has 0 saturated heterocycles. The second kappa shape index (κ2) is 6.48. The number of hydrogen-bond acceptors (Lipinski definition) is 2. The van der Waals surface area contributed by atoms with Crippen LogP contribution in [0.1, 0.15) is 11.4 Å². The summed E-state index contributed by atoms with van der Waals surface area (Å²) in [6.07, 6.45) is 0.962. The van der Waals surface area contributed by atoms with Crippen molar-refractivity contribution in [2.24, 2.45) is 0 Å². The minimum absolute atomic E-state index is 0.708. The van der Waals surface area contributed by atoms with Gasteiger partial charge in [-0.3, -0.25) is 0 Å². The summed E-state index contributed by atoms with van der Waals surface area (Å²) >= 11 is 11.8. The molecule has 0 fully saturated rings. The van der Waals surface area contributed by atoms with Crippen molar-refractivity contribution in [3.63, 3.8) is 0 Å². The average Bonchev–Trinajstić information content (AvgIpc) is 2.87. The number of aromatic amines is 1. The van der Waals surface area contributed by atoms with E-state index in [1.54, 1.807) is 0 Å². The number of halogens is 2. The van der Waals surface area contributed by atoms with Crippen molar-refractivity contribution < 1.29 is 0 Å². The second-order valence-corrected chi connectivity index (χ2v) is 5.77. The van der Waals surface area contributed by atoms with E-state index in [1.165, 1.54) is 5.56 Å². The molecule has 1 heterocycles. The molecule has 3 nitrogen and oxygen atoms in total. The van der Waals surface area contributed by atoms with Crippen molar-refractivity contribution in [3.8, 4) is 0 Å². The summed E-state index contributed by atoms with van der Waals surface area (Å²) in [5.74, 6) is 0.920. The third-order valence-electron chi connectivity index (χ3n) is 3.29. The molecule has 2 aromatic carbocycles. The molecule has 0 amide bonds. The predicted octanol–water partition coefficient (Wildman–Crippen LogP) is 4.20. The van der Waals surface area contributed by atoms with Gasteiger partial charge in [-0.05, 0) is 48.9 Å². The van der Waals surface area contributed by atoms with E-state index in [9.17, 15) is 0 Å². The van der Waals surface area contributed by atoms with Crippen molar-refractivity contribution in [1.29, 1.82) is 0 Å². The Morgan fingerprint density at radius 3 is 2.57 bits per heavy atom. The van der Waals surface area contributed by atoms with Crippen molar-refractivity contribution in [1.82, 2.24) is 15.3 Å². The lowest BCUT2D eigenvalue weighted by Crippen LogP contribution is -2.17. The monoisotopic (exact) mass is 319 g/mol. The number of imidazole rings is 1. The highest BCUT2D eigenvalue weighted by Gasteiger charge is 2.03. The highest BCUT2D eigenvalue weighted by Crippen LogP contribution is 2.17. The first-order valence-corrected chi connectivity index (χ1v) is 7.55. The number of fused-ring (bicyclic) bond motifs is 1. The van der Waals surface area contributed by atoms with Gasteiger partial charge < -0.3 is 10.3 Å². The molecule has 0 spiro atoms. The fourth-order valence-corrected chi connectivity index (χ4v) is 2.51. The lowest BCUT2D eigenvalue weighted by atomic mass is 10.1. The molecule has 5 heteroatoms. The number of rotatable bonds is 5. The Labute approximate surface area is 133 Å². The van der Waals surface area contributed by atoms with Crippen LogP contribution in [0, 0.1) is 0 Å². The third kappa shape index (κ3) is 3.76. The van der Waals surface area contributed by atoms with Crippen LogP contribution < -0.4 is 5.32 Å². The van der Waals surface area contributed by atoms with E-state index in [1.807, 2.05) is 42.5 Å². The van der Waals surface area contributed by atoms with Crippen molar-refractivity contribution >= 4 is 34.2 Å². The summed E-state index contributed by atoms with van der Waals surface area (Å²) in [4.78, 5) is 7.78. The first-order valence-electron chi connectivity index (χ1n) is 6.80. The quantitative estimate of drug-likeness (QED) is 0.692. The van der Waals surface area contributed by atoms with Crippen LogP contribution in [0.25, 0.3) is 11.0 Å². The van der Waals surface area contributed by atoms with E-state index >= 15 is 0 Å². The maximum atomic E-state index is 5.96. The van der Waals surface area contributed by atoms with E-state index in [0.717, 1.165) is 34.8 Å². The van der Waals surface area contributed by atoms with Crippen molar-refractivity contribution in [2.45, 2.75) is 13.0 Å². The Morgan fingerprint density at radius 1 is 1.00 bits per heavy atom. The van der Waals surface area contributed by atoms with Gasteiger partial charge in [0.05, 0.1) is 17.6 Å². The van der Waals surface area contributed by atoms with Crippen LogP contribution in [0.5, 0.6) is 0 Å². The molecule has 0 aliphatic heterocycles. The normalized spacial score (nSPS) is 11.1. The summed E-state index contributed by atoms with van der Waals surface area (Å²) in [5.41, 5.74) is 3.18. The van der Waals surface area contributed by atoms with Crippen LogP contribution in [-0.2, 0) is 13.0 Å². The average molecular weight is 320 g/mol. The molecule has 0 aliphatic carbocycles. The molecule has 2 N–H and O–H groups in total. The van der Waals surface area contributed by atoms with Gasteiger partial charge >= 0.3 is 0 Å². The van der Waals surface area contributed by atoms with Crippen LogP contribution in [0.15, 0.2) is 42.5 Å². The minimum Gasteiger partial charge on any atom is -0.341 e. The zero-order valence-electron chi connectivity index (χ0n) is 11.4. The molecule has 108 valence electrons. The molecule has 0 atom stereocenters. The molecule has 3 aromatic rings. The number of nitrogens with one attached hydrogen (secondary N) is 2. The zero-order valence-corrected chi connectivity index (χ0v) is 12.9. The minimum atomic E-state index is 0.708. The van der Waals surface area contributed by atoms with Crippen LogP contribution in [0.3, 0.4) is 0 Å². The first kappa shape index (κ1) is 14.4. The third-order valence-corrected chi connectivity index (χ3v) is 3.78. The van der Waals surface area contributed by atoms with E-state index < -0.39 is 0 Å². The van der Waals surface area contributed by atoms with Gasteiger partial charge in [-0.15, -0.1) is 0 Å². The van der Waals surface area contributed by atoms with Gasteiger partial charge in [-0.25, -0.2) is 4.98 Å². The Kier molecular flexibility index (Phi) is 4.44. The first-order chi connectivity index (χ1) is 10.2. The lowest BCUT2D eigenvalue weighted by molar-refractivity contribution is 0.666. The molecule has 0 aliphatic rings. The fraction of sp³-hybridized carbons (Fsp3) is 0.188.